The Hall–Kier alpha value is -1.32. The Morgan fingerprint density at radius 3 is 2.88 bits per heavy atom. The third-order valence-corrected chi connectivity index (χ3v) is 0.637. The van der Waals surface area contributed by atoms with E-state index in [1.165, 1.54) is 12.1 Å². The van der Waals surface area contributed by atoms with Crippen LogP contribution < -0.4 is 0 Å². The second kappa shape index (κ2) is 1.65. The molecule has 0 amide bonds. The molecule has 1 aromatic heterocycles. The molecule has 0 fully saturated rings. The van der Waals surface area contributed by atoms with Crippen molar-refractivity contribution in [1.29, 1.82) is 0 Å². The molecule has 0 spiro atoms. The van der Waals surface area contributed by atoms with Gasteiger partial charge in [0.1, 0.15) is 4.92 Å². The lowest BCUT2D eigenvalue weighted by Crippen LogP contribution is -1.81. The largest absolute Gasteiger partial charge is 0.433 e. The second-order valence-electron chi connectivity index (χ2n) is 1.15. The maximum absolute atomic E-state index is 9.75. The summed E-state index contributed by atoms with van der Waals surface area (Å²) < 4.78 is 4.27. The van der Waals surface area contributed by atoms with Crippen LogP contribution >= 0.6 is 0 Å². The maximum Gasteiger partial charge on any atom is 0.433 e. The predicted molar refractivity (Wildman–Crippen MR) is 24.2 cm³/mol. The Bertz CT molecular complexity index is 179. The fraction of sp³-hybridized carbons (Fsp3) is 0. The molecule has 1 rings (SSSR count). The van der Waals surface area contributed by atoms with Gasteiger partial charge in [-0.25, -0.2) is 0 Å². The van der Waals surface area contributed by atoms with Gasteiger partial charge in [0.25, 0.3) is 0 Å². The number of hydrogen-bond acceptors (Lipinski definition) is 3. The molecule has 0 saturated carbocycles. The van der Waals surface area contributed by atoms with Crippen LogP contribution in [0.1, 0.15) is 0 Å². The average Bonchev–Trinajstić information content (AvgIpc) is 2.12. The molecule has 41 valence electrons. The highest BCUT2D eigenvalue weighted by Crippen LogP contribution is 2.07. The predicted octanol–water partition coefficient (Wildman–Crippen LogP) is 0.988. The van der Waals surface area contributed by atoms with E-state index in [1.54, 1.807) is 0 Å². The summed E-state index contributed by atoms with van der Waals surface area (Å²) in [5, 5.41) is 9.75. The van der Waals surface area contributed by atoms with Crippen LogP contribution in [0.3, 0.4) is 0 Å². The second-order valence-corrected chi connectivity index (χ2v) is 1.15. The van der Waals surface area contributed by atoms with Crippen molar-refractivity contribution in [3.63, 3.8) is 0 Å². The van der Waals surface area contributed by atoms with Gasteiger partial charge in [-0.1, -0.05) is 0 Å². The molecule has 1 aromatic rings. The number of rotatable bonds is 1. The van der Waals surface area contributed by atoms with Crippen molar-refractivity contribution in [3.05, 3.63) is 28.5 Å². The standard InChI is InChI=1S/C4H2NO3/c6-5(7)4-2-1-3-8-4/h1-2H. The number of nitrogens with zero attached hydrogens (tertiary/aromatic N) is 1. The van der Waals surface area contributed by atoms with E-state index in [-0.39, 0.29) is 5.88 Å². The molecule has 0 atom stereocenters. The smallest absolute Gasteiger partial charge is 0.397 e. The Balaban J connectivity index is 2.93. The first-order chi connectivity index (χ1) is 3.80. The van der Waals surface area contributed by atoms with Crippen LogP contribution in [0.4, 0.5) is 5.88 Å². The summed E-state index contributed by atoms with van der Waals surface area (Å²) in [4.78, 5) is 9.14. The van der Waals surface area contributed by atoms with Crippen molar-refractivity contribution in [2.24, 2.45) is 0 Å². The minimum atomic E-state index is -0.615. The van der Waals surface area contributed by atoms with E-state index in [1.807, 2.05) is 0 Å². The molecule has 0 aliphatic carbocycles. The van der Waals surface area contributed by atoms with E-state index < -0.39 is 4.92 Å². The molecule has 0 aliphatic rings. The highest BCUT2D eigenvalue weighted by atomic mass is 16.6. The summed E-state index contributed by atoms with van der Waals surface area (Å²) in [6.07, 6.45) is 2.19. The van der Waals surface area contributed by atoms with Crippen molar-refractivity contribution >= 4 is 5.88 Å². The fourth-order valence-corrected chi connectivity index (χ4v) is 0.332. The van der Waals surface area contributed by atoms with Crippen molar-refractivity contribution in [2.45, 2.75) is 0 Å². The zero-order chi connectivity index (χ0) is 5.98. The van der Waals surface area contributed by atoms with E-state index >= 15 is 0 Å². The van der Waals surface area contributed by atoms with Crippen molar-refractivity contribution < 1.29 is 9.34 Å². The molecule has 0 unspecified atom stereocenters. The summed E-state index contributed by atoms with van der Waals surface area (Å²) in [5.74, 6) is -0.273. The van der Waals surface area contributed by atoms with Crippen molar-refractivity contribution in [1.82, 2.24) is 0 Å². The van der Waals surface area contributed by atoms with Gasteiger partial charge in [0.15, 0.2) is 6.26 Å². The minimum absolute atomic E-state index is 0.273. The summed E-state index contributed by atoms with van der Waals surface area (Å²) in [5.41, 5.74) is 0. The van der Waals surface area contributed by atoms with Crippen LogP contribution in [-0.2, 0) is 0 Å². The Labute approximate surface area is 44.9 Å². The normalized spacial score (nSPS) is 9.00. The highest BCUT2D eigenvalue weighted by Gasteiger charge is 2.05. The van der Waals surface area contributed by atoms with E-state index in [4.69, 9.17) is 0 Å². The lowest BCUT2D eigenvalue weighted by atomic mass is 10.6. The first-order valence-corrected chi connectivity index (χ1v) is 1.91. The lowest BCUT2D eigenvalue weighted by Gasteiger charge is -1.76. The Kier molecular flexibility index (Phi) is 0.997. The zero-order valence-electron chi connectivity index (χ0n) is 3.83. The monoisotopic (exact) mass is 112 g/mol. The molecule has 1 heterocycles. The van der Waals surface area contributed by atoms with Crippen LogP contribution in [0.5, 0.6) is 0 Å². The molecule has 8 heavy (non-hydrogen) atoms. The van der Waals surface area contributed by atoms with Crippen molar-refractivity contribution in [2.75, 3.05) is 0 Å². The summed E-state index contributed by atoms with van der Waals surface area (Å²) in [6, 6.07) is 2.58. The first kappa shape index (κ1) is 4.83. The fourth-order valence-electron chi connectivity index (χ4n) is 0.332. The van der Waals surface area contributed by atoms with Gasteiger partial charge in [0.2, 0.25) is 0 Å². The van der Waals surface area contributed by atoms with Gasteiger partial charge >= 0.3 is 5.88 Å². The van der Waals surface area contributed by atoms with Crippen LogP contribution in [-0.4, -0.2) is 4.92 Å². The summed E-state index contributed by atoms with van der Waals surface area (Å²) in [7, 11) is 0. The van der Waals surface area contributed by atoms with Crippen molar-refractivity contribution in [3.8, 4) is 0 Å². The molecule has 4 nitrogen and oxygen atoms in total. The molecule has 1 radical (unpaired) electrons. The maximum atomic E-state index is 9.75. The quantitative estimate of drug-likeness (QED) is 0.402. The van der Waals surface area contributed by atoms with Gasteiger partial charge in [0.05, 0.1) is 6.07 Å². The van der Waals surface area contributed by atoms with Crippen LogP contribution in [0, 0.1) is 16.4 Å². The third kappa shape index (κ3) is 0.676. The van der Waals surface area contributed by atoms with Gasteiger partial charge < -0.3 is 4.42 Å². The molecular formula is C4H2NO3. The average molecular weight is 112 g/mol. The number of furan rings is 1. The topological polar surface area (TPSA) is 56.3 Å². The highest BCUT2D eigenvalue weighted by molar-refractivity contribution is 5.10. The molecule has 0 bridgehead atoms. The Morgan fingerprint density at radius 2 is 2.62 bits per heavy atom. The van der Waals surface area contributed by atoms with E-state index in [0.29, 0.717) is 0 Å². The van der Waals surface area contributed by atoms with Crippen LogP contribution in [0.25, 0.3) is 0 Å². The molecule has 0 aliphatic heterocycles. The molecule has 0 aromatic carbocycles. The minimum Gasteiger partial charge on any atom is -0.397 e. The Morgan fingerprint density at radius 1 is 1.88 bits per heavy atom. The van der Waals surface area contributed by atoms with Crippen LogP contribution in [0.15, 0.2) is 16.5 Å². The van der Waals surface area contributed by atoms with Gasteiger partial charge in [0, 0.05) is 0 Å². The molecule has 0 N–H and O–H groups in total. The van der Waals surface area contributed by atoms with Gasteiger partial charge in [-0.3, -0.25) is 10.1 Å². The summed E-state index contributed by atoms with van der Waals surface area (Å²) >= 11 is 0. The van der Waals surface area contributed by atoms with Gasteiger partial charge in [-0.05, 0) is 6.07 Å². The number of nitro groups is 1. The van der Waals surface area contributed by atoms with Crippen LogP contribution in [0.2, 0.25) is 0 Å². The first-order valence-electron chi connectivity index (χ1n) is 1.91. The molecule has 4 heteroatoms. The lowest BCUT2D eigenvalue weighted by molar-refractivity contribution is -0.402. The summed E-state index contributed by atoms with van der Waals surface area (Å²) in [6.45, 7) is 0. The van der Waals surface area contributed by atoms with E-state index in [9.17, 15) is 10.1 Å². The van der Waals surface area contributed by atoms with E-state index in [2.05, 4.69) is 10.7 Å². The van der Waals surface area contributed by atoms with E-state index in [0.717, 1.165) is 0 Å². The molecular weight excluding hydrogens is 110 g/mol. The molecule has 0 saturated heterocycles. The zero-order valence-corrected chi connectivity index (χ0v) is 3.83. The third-order valence-electron chi connectivity index (χ3n) is 0.637. The van der Waals surface area contributed by atoms with Gasteiger partial charge in [-0.15, -0.1) is 0 Å². The van der Waals surface area contributed by atoms with Gasteiger partial charge in [-0.2, -0.15) is 0 Å². The SMILES string of the molecule is O=[N+]([O-])c1cc[c]o1. The number of hydrogen-bond donors (Lipinski definition) is 0.